The van der Waals surface area contributed by atoms with Crippen LogP contribution in [0.25, 0.3) is 0 Å². The summed E-state index contributed by atoms with van der Waals surface area (Å²) in [6.45, 7) is 0. The van der Waals surface area contributed by atoms with Gasteiger partial charge in [-0.05, 0) is 12.1 Å². The van der Waals surface area contributed by atoms with Crippen LogP contribution in [0.5, 0.6) is 0 Å². The Labute approximate surface area is 76.3 Å². The van der Waals surface area contributed by atoms with Crippen molar-refractivity contribution in [2.75, 3.05) is 14.2 Å². The van der Waals surface area contributed by atoms with Gasteiger partial charge in [0, 0.05) is 25.0 Å². The first-order valence-electron chi connectivity index (χ1n) is 3.75. The lowest BCUT2D eigenvalue weighted by Gasteiger charge is -2.01. The van der Waals surface area contributed by atoms with Crippen LogP contribution in [0.4, 0.5) is 0 Å². The predicted octanol–water partition coefficient (Wildman–Crippen LogP) is 0.673. The number of methoxy groups -OCH3 is 1. The van der Waals surface area contributed by atoms with Crippen molar-refractivity contribution in [3.05, 3.63) is 30.1 Å². The van der Waals surface area contributed by atoms with Crippen molar-refractivity contribution < 1.29 is 9.53 Å². The van der Waals surface area contributed by atoms with Crippen molar-refractivity contribution in [2.45, 2.75) is 0 Å². The minimum atomic E-state index is -0.449. The standard InChI is InChI=1S/C9H10N2O2/c1-10-8(9(12)13-2)7-4-3-5-11-6-7/h3-6H,1-2H3. The first-order valence-corrected chi connectivity index (χ1v) is 3.75. The molecule has 0 saturated heterocycles. The number of aliphatic imine (C=N–C) groups is 1. The van der Waals surface area contributed by atoms with Gasteiger partial charge in [-0.1, -0.05) is 0 Å². The van der Waals surface area contributed by atoms with Crippen LogP contribution in [-0.2, 0) is 9.53 Å². The average molecular weight is 178 g/mol. The number of carbonyl (C=O) groups is 1. The Morgan fingerprint density at radius 3 is 2.85 bits per heavy atom. The highest BCUT2D eigenvalue weighted by Gasteiger charge is 2.12. The molecule has 4 nitrogen and oxygen atoms in total. The Bertz CT molecular complexity index is 320. The molecule has 0 atom stereocenters. The Hall–Kier alpha value is -1.71. The molecule has 0 N–H and O–H groups in total. The van der Waals surface area contributed by atoms with Crippen LogP contribution in [0.1, 0.15) is 5.56 Å². The first kappa shape index (κ1) is 9.38. The Balaban J connectivity index is 3.00. The molecule has 0 aliphatic heterocycles. The summed E-state index contributed by atoms with van der Waals surface area (Å²) in [6, 6.07) is 3.50. The highest BCUT2D eigenvalue weighted by molar-refractivity contribution is 6.43. The molecule has 0 bridgehead atoms. The van der Waals surface area contributed by atoms with Gasteiger partial charge in [-0.15, -0.1) is 0 Å². The summed E-state index contributed by atoms with van der Waals surface area (Å²) in [5.41, 5.74) is 0.951. The third-order valence-electron chi connectivity index (χ3n) is 1.54. The number of pyridine rings is 1. The lowest BCUT2D eigenvalue weighted by molar-refractivity contribution is -0.132. The van der Waals surface area contributed by atoms with Crippen molar-refractivity contribution in [3.63, 3.8) is 0 Å². The molecular weight excluding hydrogens is 168 g/mol. The number of aromatic nitrogens is 1. The van der Waals surface area contributed by atoms with Gasteiger partial charge in [0.1, 0.15) is 0 Å². The normalized spacial score (nSPS) is 11.1. The smallest absolute Gasteiger partial charge is 0.356 e. The number of ether oxygens (including phenoxy) is 1. The third kappa shape index (κ3) is 2.11. The number of hydrogen-bond acceptors (Lipinski definition) is 4. The fourth-order valence-corrected chi connectivity index (χ4v) is 0.938. The Morgan fingerprint density at radius 1 is 1.62 bits per heavy atom. The molecule has 0 aliphatic rings. The molecule has 0 spiro atoms. The topological polar surface area (TPSA) is 51.5 Å². The van der Waals surface area contributed by atoms with E-state index in [0.29, 0.717) is 5.56 Å². The fourth-order valence-electron chi connectivity index (χ4n) is 0.938. The van der Waals surface area contributed by atoms with Crippen molar-refractivity contribution in [3.8, 4) is 0 Å². The molecule has 0 aromatic carbocycles. The number of hydrogen-bond donors (Lipinski definition) is 0. The lowest BCUT2D eigenvalue weighted by atomic mass is 10.2. The van der Waals surface area contributed by atoms with E-state index in [1.807, 2.05) is 0 Å². The van der Waals surface area contributed by atoms with Gasteiger partial charge in [-0.25, -0.2) is 4.79 Å². The zero-order valence-electron chi connectivity index (χ0n) is 7.52. The fraction of sp³-hybridized carbons (Fsp3) is 0.222. The highest BCUT2D eigenvalue weighted by Crippen LogP contribution is 2.00. The Kier molecular flexibility index (Phi) is 3.14. The molecule has 0 amide bonds. The molecule has 1 aromatic rings. The average Bonchev–Trinajstić information content (AvgIpc) is 2.20. The number of rotatable bonds is 2. The number of carbonyl (C=O) groups excluding carboxylic acids is 1. The summed E-state index contributed by atoms with van der Waals surface area (Å²) >= 11 is 0. The summed E-state index contributed by atoms with van der Waals surface area (Å²) in [7, 11) is 2.86. The van der Waals surface area contributed by atoms with E-state index in [4.69, 9.17) is 0 Å². The lowest BCUT2D eigenvalue weighted by Crippen LogP contribution is -2.17. The van der Waals surface area contributed by atoms with E-state index >= 15 is 0 Å². The molecule has 0 fully saturated rings. The van der Waals surface area contributed by atoms with Crippen LogP contribution in [0.2, 0.25) is 0 Å². The monoisotopic (exact) mass is 178 g/mol. The molecule has 0 unspecified atom stereocenters. The maximum absolute atomic E-state index is 11.2. The molecule has 68 valence electrons. The van der Waals surface area contributed by atoms with Gasteiger partial charge in [0.25, 0.3) is 0 Å². The van der Waals surface area contributed by atoms with E-state index in [0.717, 1.165) is 0 Å². The molecule has 4 heteroatoms. The van der Waals surface area contributed by atoms with Gasteiger partial charge < -0.3 is 4.74 Å². The SMILES string of the molecule is CN=C(C(=O)OC)c1cccnc1. The predicted molar refractivity (Wildman–Crippen MR) is 48.7 cm³/mol. The van der Waals surface area contributed by atoms with Gasteiger partial charge in [0.2, 0.25) is 0 Å². The molecular formula is C9H10N2O2. The van der Waals surface area contributed by atoms with Gasteiger partial charge in [0.05, 0.1) is 7.11 Å². The van der Waals surface area contributed by atoms with Crippen LogP contribution < -0.4 is 0 Å². The van der Waals surface area contributed by atoms with Crippen LogP contribution in [0.3, 0.4) is 0 Å². The van der Waals surface area contributed by atoms with Crippen LogP contribution >= 0.6 is 0 Å². The Morgan fingerprint density at radius 2 is 2.38 bits per heavy atom. The van der Waals surface area contributed by atoms with E-state index in [9.17, 15) is 4.79 Å². The van der Waals surface area contributed by atoms with Crippen LogP contribution in [-0.4, -0.2) is 30.8 Å². The molecule has 1 heterocycles. The van der Waals surface area contributed by atoms with Gasteiger partial charge >= 0.3 is 5.97 Å². The minimum absolute atomic E-state index is 0.288. The van der Waals surface area contributed by atoms with Crippen molar-refractivity contribution in [1.29, 1.82) is 0 Å². The summed E-state index contributed by atoms with van der Waals surface area (Å²) in [6.07, 6.45) is 3.20. The van der Waals surface area contributed by atoms with E-state index < -0.39 is 5.97 Å². The van der Waals surface area contributed by atoms with E-state index in [2.05, 4.69) is 14.7 Å². The third-order valence-corrected chi connectivity index (χ3v) is 1.54. The summed E-state index contributed by atoms with van der Waals surface area (Å²) in [5, 5.41) is 0. The van der Waals surface area contributed by atoms with E-state index in [1.54, 1.807) is 31.6 Å². The second kappa shape index (κ2) is 4.35. The quantitative estimate of drug-likeness (QED) is 0.494. The molecule has 0 aliphatic carbocycles. The van der Waals surface area contributed by atoms with Crippen molar-refractivity contribution >= 4 is 11.7 Å². The zero-order chi connectivity index (χ0) is 9.68. The molecule has 0 radical (unpaired) electrons. The second-order valence-electron chi connectivity index (χ2n) is 2.31. The second-order valence-corrected chi connectivity index (χ2v) is 2.31. The van der Waals surface area contributed by atoms with E-state index in [1.165, 1.54) is 7.11 Å². The molecule has 0 saturated carbocycles. The van der Waals surface area contributed by atoms with Crippen molar-refractivity contribution in [2.24, 2.45) is 4.99 Å². The van der Waals surface area contributed by atoms with Gasteiger partial charge in [-0.3, -0.25) is 9.98 Å². The van der Waals surface area contributed by atoms with Crippen LogP contribution in [0.15, 0.2) is 29.5 Å². The van der Waals surface area contributed by atoms with Gasteiger partial charge in [-0.2, -0.15) is 0 Å². The summed E-state index contributed by atoms with van der Waals surface area (Å²) in [4.78, 5) is 18.9. The number of esters is 1. The maximum Gasteiger partial charge on any atom is 0.356 e. The molecule has 1 rings (SSSR count). The van der Waals surface area contributed by atoms with Crippen LogP contribution in [0, 0.1) is 0 Å². The molecule has 1 aromatic heterocycles. The first-order chi connectivity index (χ1) is 6.29. The summed E-state index contributed by atoms with van der Waals surface area (Å²) < 4.78 is 4.56. The largest absolute Gasteiger partial charge is 0.464 e. The minimum Gasteiger partial charge on any atom is -0.464 e. The summed E-state index contributed by atoms with van der Waals surface area (Å²) in [5.74, 6) is -0.449. The number of nitrogens with zero attached hydrogens (tertiary/aromatic N) is 2. The molecule has 13 heavy (non-hydrogen) atoms. The van der Waals surface area contributed by atoms with Gasteiger partial charge in [0.15, 0.2) is 5.71 Å². The highest BCUT2D eigenvalue weighted by atomic mass is 16.5. The maximum atomic E-state index is 11.2. The zero-order valence-corrected chi connectivity index (χ0v) is 7.52. The van der Waals surface area contributed by atoms with E-state index in [-0.39, 0.29) is 5.71 Å². The van der Waals surface area contributed by atoms with Crippen molar-refractivity contribution in [1.82, 2.24) is 4.98 Å².